The van der Waals surface area contributed by atoms with Crippen LogP contribution < -0.4 is 10.1 Å². The summed E-state index contributed by atoms with van der Waals surface area (Å²) in [7, 11) is 1.80. The Balaban J connectivity index is 1.35. The second-order valence-corrected chi connectivity index (χ2v) is 6.58. The maximum Gasteiger partial charge on any atom is 0.228 e. The van der Waals surface area contributed by atoms with Gasteiger partial charge >= 0.3 is 0 Å². The van der Waals surface area contributed by atoms with Gasteiger partial charge in [-0.15, -0.1) is 11.3 Å². The molecular weight excluding hydrogens is 312 g/mol. The zero-order chi connectivity index (χ0) is 15.8. The molecule has 3 aromatic rings. The zero-order valence-electron chi connectivity index (χ0n) is 12.6. The van der Waals surface area contributed by atoms with Crippen LogP contribution >= 0.6 is 11.3 Å². The Bertz CT molecular complexity index is 851. The Kier molecular flexibility index (Phi) is 3.49. The lowest BCUT2D eigenvalue weighted by molar-refractivity contribution is -0.125. The van der Waals surface area contributed by atoms with Crippen LogP contribution in [0.2, 0.25) is 0 Å². The van der Waals surface area contributed by atoms with Gasteiger partial charge in [-0.1, -0.05) is 6.07 Å². The van der Waals surface area contributed by atoms with Gasteiger partial charge in [-0.25, -0.2) is 4.98 Å². The van der Waals surface area contributed by atoms with Crippen molar-refractivity contribution in [1.82, 2.24) is 14.8 Å². The van der Waals surface area contributed by atoms with Gasteiger partial charge in [0, 0.05) is 19.0 Å². The molecule has 1 saturated carbocycles. The minimum Gasteiger partial charge on any atom is -0.488 e. The molecule has 0 atom stereocenters. The molecule has 1 aliphatic carbocycles. The van der Waals surface area contributed by atoms with Gasteiger partial charge in [-0.2, -0.15) is 5.10 Å². The number of aromatic nitrogens is 3. The van der Waals surface area contributed by atoms with E-state index in [1.54, 1.807) is 35.3 Å². The maximum absolute atomic E-state index is 12.2. The molecule has 6 nitrogen and oxygen atoms in total. The van der Waals surface area contributed by atoms with Crippen LogP contribution in [0.25, 0.3) is 10.2 Å². The molecule has 1 fully saturated rings. The van der Waals surface area contributed by atoms with Crippen LogP contribution in [0.15, 0.2) is 36.0 Å². The number of nitrogens with zero attached hydrogens (tertiary/aromatic N) is 3. The van der Waals surface area contributed by atoms with Gasteiger partial charge < -0.3 is 10.1 Å². The van der Waals surface area contributed by atoms with Crippen molar-refractivity contribution < 1.29 is 9.53 Å². The average Bonchev–Trinajstić information content (AvgIpc) is 3.12. The molecule has 23 heavy (non-hydrogen) atoms. The first-order chi connectivity index (χ1) is 11.2. The molecule has 1 aromatic carbocycles. The van der Waals surface area contributed by atoms with Crippen molar-refractivity contribution in [2.24, 2.45) is 13.0 Å². The van der Waals surface area contributed by atoms with Gasteiger partial charge in [0.25, 0.3) is 0 Å². The molecule has 2 aromatic heterocycles. The zero-order valence-corrected chi connectivity index (χ0v) is 13.4. The molecule has 1 N–H and O–H groups in total. The van der Waals surface area contributed by atoms with E-state index in [1.165, 1.54) is 0 Å². The van der Waals surface area contributed by atoms with Crippen LogP contribution in [0.1, 0.15) is 12.8 Å². The number of anilines is 1. The van der Waals surface area contributed by atoms with E-state index in [4.69, 9.17) is 4.74 Å². The molecule has 1 amide bonds. The van der Waals surface area contributed by atoms with E-state index in [-0.39, 0.29) is 17.9 Å². The van der Waals surface area contributed by atoms with E-state index < -0.39 is 0 Å². The van der Waals surface area contributed by atoms with Crippen LogP contribution in [-0.2, 0) is 11.8 Å². The van der Waals surface area contributed by atoms with Gasteiger partial charge in [0.15, 0.2) is 0 Å². The third-order valence-corrected chi connectivity index (χ3v) is 4.95. The van der Waals surface area contributed by atoms with Gasteiger partial charge in [-0.3, -0.25) is 9.48 Å². The summed E-state index contributed by atoms with van der Waals surface area (Å²) >= 11 is 1.60. The summed E-state index contributed by atoms with van der Waals surface area (Å²) in [6.07, 6.45) is 3.19. The summed E-state index contributed by atoms with van der Waals surface area (Å²) < 4.78 is 8.77. The third kappa shape index (κ3) is 2.68. The summed E-state index contributed by atoms with van der Waals surface area (Å²) in [6.45, 7) is 0. The van der Waals surface area contributed by atoms with E-state index in [0.717, 1.165) is 28.8 Å². The van der Waals surface area contributed by atoms with Crippen molar-refractivity contribution in [3.05, 3.63) is 36.0 Å². The number of fused-ring (bicyclic) bond motifs is 1. The number of aryl methyl sites for hydroxylation is 1. The van der Waals surface area contributed by atoms with Crippen LogP contribution in [0.5, 0.6) is 5.75 Å². The monoisotopic (exact) mass is 328 g/mol. The SMILES string of the molecule is Cn1nccc1NC(=O)[C@H]1C[C@H](Oc2cccc3scnc23)C1. The number of amides is 1. The van der Waals surface area contributed by atoms with Crippen LogP contribution in [-0.4, -0.2) is 26.8 Å². The lowest BCUT2D eigenvalue weighted by Crippen LogP contribution is -2.41. The van der Waals surface area contributed by atoms with Gasteiger partial charge in [-0.05, 0) is 25.0 Å². The maximum atomic E-state index is 12.2. The van der Waals surface area contributed by atoms with Crippen LogP contribution in [0.4, 0.5) is 5.82 Å². The molecular formula is C16H16N4O2S. The van der Waals surface area contributed by atoms with Crippen LogP contribution in [0.3, 0.4) is 0 Å². The second kappa shape index (κ2) is 5.66. The van der Waals surface area contributed by atoms with Crippen molar-refractivity contribution in [3.63, 3.8) is 0 Å². The number of carbonyl (C=O) groups excluding carboxylic acids is 1. The summed E-state index contributed by atoms with van der Waals surface area (Å²) in [5, 5.41) is 6.94. The van der Waals surface area contributed by atoms with E-state index in [0.29, 0.717) is 5.82 Å². The summed E-state index contributed by atoms with van der Waals surface area (Å²) in [5.74, 6) is 1.54. The highest BCUT2D eigenvalue weighted by Crippen LogP contribution is 2.35. The molecule has 4 rings (SSSR count). The lowest BCUT2D eigenvalue weighted by Gasteiger charge is -2.34. The highest BCUT2D eigenvalue weighted by atomic mass is 32.1. The van der Waals surface area contributed by atoms with Gasteiger partial charge in [0.05, 0.1) is 16.4 Å². The number of hydrogen-bond donors (Lipinski definition) is 1. The first kappa shape index (κ1) is 14.2. The number of rotatable bonds is 4. The summed E-state index contributed by atoms with van der Waals surface area (Å²) in [5.41, 5.74) is 2.72. The van der Waals surface area contributed by atoms with Gasteiger partial charge in [0.1, 0.15) is 23.2 Å². The minimum atomic E-state index is -0.00969. The molecule has 118 valence electrons. The fourth-order valence-corrected chi connectivity index (χ4v) is 3.43. The quantitative estimate of drug-likeness (QED) is 0.799. The molecule has 0 bridgehead atoms. The Hall–Kier alpha value is -2.41. The normalized spacial score (nSPS) is 20.2. The number of nitrogens with one attached hydrogen (secondary N) is 1. The fourth-order valence-electron chi connectivity index (χ4n) is 2.74. The summed E-state index contributed by atoms with van der Waals surface area (Å²) in [4.78, 5) is 16.5. The lowest BCUT2D eigenvalue weighted by atomic mass is 9.81. The Morgan fingerprint density at radius 1 is 1.39 bits per heavy atom. The van der Waals surface area contributed by atoms with E-state index in [9.17, 15) is 4.79 Å². The molecule has 7 heteroatoms. The average molecular weight is 328 g/mol. The van der Waals surface area contributed by atoms with E-state index >= 15 is 0 Å². The standard InChI is InChI=1S/C16H16N4O2S/c1-20-14(5-6-18-20)19-16(21)10-7-11(8-10)22-12-3-2-4-13-15(12)17-9-23-13/h2-6,9-11H,7-8H2,1H3,(H,19,21)/t10-,11-. The molecule has 0 aliphatic heterocycles. The molecule has 0 saturated heterocycles. The van der Waals surface area contributed by atoms with Crippen LogP contribution in [0, 0.1) is 5.92 Å². The minimum absolute atomic E-state index is 0.00969. The highest BCUT2D eigenvalue weighted by molar-refractivity contribution is 7.16. The van der Waals surface area contributed by atoms with Crippen molar-refractivity contribution in [1.29, 1.82) is 0 Å². The number of carbonyl (C=O) groups is 1. The molecule has 2 heterocycles. The van der Waals surface area contributed by atoms with E-state index in [1.807, 2.05) is 23.7 Å². The fraction of sp³-hybridized carbons (Fsp3) is 0.312. The predicted molar refractivity (Wildman–Crippen MR) is 88.6 cm³/mol. The van der Waals surface area contributed by atoms with Crippen molar-refractivity contribution in [2.45, 2.75) is 18.9 Å². The van der Waals surface area contributed by atoms with Gasteiger partial charge in [0.2, 0.25) is 5.91 Å². The second-order valence-electron chi connectivity index (χ2n) is 5.69. The summed E-state index contributed by atoms with van der Waals surface area (Å²) in [6, 6.07) is 7.73. The van der Waals surface area contributed by atoms with E-state index in [2.05, 4.69) is 15.4 Å². The molecule has 1 aliphatic rings. The molecule has 0 unspecified atom stereocenters. The number of hydrogen-bond acceptors (Lipinski definition) is 5. The Morgan fingerprint density at radius 2 is 2.26 bits per heavy atom. The third-order valence-electron chi connectivity index (χ3n) is 4.15. The first-order valence-corrected chi connectivity index (χ1v) is 8.36. The number of thiazole rings is 1. The Morgan fingerprint density at radius 3 is 3.04 bits per heavy atom. The molecule has 0 radical (unpaired) electrons. The number of benzene rings is 1. The smallest absolute Gasteiger partial charge is 0.228 e. The predicted octanol–water partition coefficient (Wildman–Crippen LogP) is 2.83. The van der Waals surface area contributed by atoms with Crippen molar-refractivity contribution in [2.75, 3.05) is 5.32 Å². The largest absolute Gasteiger partial charge is 0.488 e. The molecule has 0 spiro atoms. The number of para-hydroxylation sites is 1. The number of ether oxygens (including phenoxy) is 1. The first-order valence-electron chi connectivity index (χ1n) is 7.48. The van der Waals surface area contributed by atoms with Crippen molar-refractivity contribution in [3.8, 4) is 5.75 Å². The topological polar surface area (TPSA) is 69.0 Å². The van der Waals surface area contributed by atoms with Crippen molar-refractivity contribution >= 4 is 33.3 Å². The Labute approximate surface area is 137 Å². The highest BCUT2D eigenvalue weighted by Gasteiger charge is 2.36.